The molecule has 112 valence electrons. The van der Waals surface area contributed by atoms with E-state index in [-0.39, 0.29) is 18.3 Å². The van der Waals surface area contributed by atoms with Gasteiger partial charge in [0, 0.05) is 11.4 Å². The molecule has 0 aromatic carbocycles. The van der Waals surface area contributed by atoms with Crippen LogP contribution in [-0.4, -0.2) is 23.7 Å². The van der Waals surface area contributed by atoms with Crippen molar-refractivity contribution in [3.63, 3.8) is 0 Å². The number of rotatable bonds is 6. The molecule has 0 radical (unpaired) electrons. The SMILES string of the molecule is O=C(NCCc1ccc(Cl)s1)NCc1ccc(C(=O)O)o1. The number of amides is 2. The van der Waals surface area contributed by atoms with Crippen molar-refractivity contribution < 1.29 is 19.1 Å². The Morgan fingerprint density at radius 3 is 2.67 bits per heavy atom. The summed E-state index contributed by atoms with van der Waals surface area (Å²) in [4.78, 5) is 23.3. The largest absolute Gasteiger partial charge is 0.475 e. The van der Waals surface area contributed by atoms with E-state index in [4.69, 9.17) is 21.1 Å². The molecule has 0 bridgehead atoms. The zero-order chi connectivity index (χ0) is 15.2. The molecule has 0 aliphatic rings. The van der Waals surface area contributed by atoms with E-state index >= 15 is 0 Å². The number of carboxylic acids is 1. The predicted molar refractivity (Wildman–Crippen MR) is 78.9 cm³/mol. The van der Waals surface area contributed by atoms with Gasteiger partial charge >= 0.3 is 12.0 Å². The quantitative estimate of drug-likeness (QED) is 0.760. The molecule has 8 heteroatoms. The molecule has 2 amide bonds. The fourth-order valence-corrected chi connectivity index (χ4v) is 2.69. The number of hydrogen-bond acceptors (Lipinski definition) is 4. The first-order chi connectivity index (χ1) is 10.0. The van der Waals surface area contributed by atoms with Gasteiger partial charge in [0.05, 0.1) is 10.9 Å². The Balaban J connectivity index is 1.68. The van der Waals surface area contributed by atoms with E-state index in [1.807, 2.05) is 12.1 Å². The average Bonchev–Trinajstić information content (AvgIpc) is 3.05. The van der Waals surface area contributed by atoms with Crippen LogP contribution in [0.25, 0.3) is 0 Å². The summed E-state index contributed by atoms with van der Waals surface area (Å²) in [6.45, 7) is 0.616. The van der Waals surface area contributed by atoms with Crippen LogP contribution >= 0.6 is 22.9 Å². The summed E-state index contributed by atoms with van der Waals surface area (Å²) < 4.78 is 5.74. The lowest BCUT2D eigenvalue weighted by molar-refractivity contribution is 0.0660. The number of carboxylic acid groups (broad SMARTS) is 1. The van der Waals surface area contributed by atoms with Gasteiger partial charge in [-0.15, -0.1) is 11.3 Å². The lowest BCUT2D eigenvalue weighted by atomic mass is 10.3. The molecule has 2 aromatic rings. The van der Waals surface area contributed by atoms with Crippen LogP contribution in [0.3, 0.4) is 0 Å². The lowest BCUT2D eigenvalue weighted by Gasteiger charge is -2.05. The Labute approximate surface area is 129 Å². The highest BCUT2D eigenvalue weighted by atomic mass is 35.5. The molecule has 0 aliphatic heterocycles. The summed E-state index contributed by atoms with van der Waals surface area (Å²) >= 11 is 7.29. The minimum Gasteiger partial charge on any atom is -0.475 e. The van der Waals surface area contributed by atoms with Gasteiger partial charge in [0.25, 0.3) is 0 Å². The maximum absolute atomic E-state index is 11.5. The van der Waals surface area contributed by atoms with Crippen molar-refractivity contribution in [2.75, 3.05) is 6.54 Å². The summed E-state index contributed by atoms with van der Waals surface area (Å²) in [5.41, 5.74) is 0. The van der Waals surface area contributed by atoms with E-state index in [1.54, 1.807) is 0 Å². The van der Waals surface area contributed by atoms with Crippen LogP contribution in [0.1, 0.15) is 21.2 Å². The van der Waals surface area contributed by atoms with Gasteiger partial charge in [-0.05, 0) is 30.7 Å². The molecule has 2 aromatic heterocycles. The van der Waals surface area contributed by atoms with Gasteiger partial charge in [-0.25, -0.2) is 9.59 Å². The third-order valence-electron chi connectivity index (χ3n) is 2.58. The summed E-state index contributed by atoms with van der Waals surface area (Å²) in [7, 11) is 0. The van der Waals surface area contributed by atoms with Crippen molar-refractivity contribution in [3.05, 3.63) is 45.0 Å². The van der Waals surface area contributed by atoms with Crippen LogP contribution in [0.5, 0.6) is 0 Å². The number of thiophene rings is 1. The van der Waals surface area contributed by atoms with E-state index < -0.39 is 5.97 Å². The number of urea groups is 1. The van der Waals surface area contributed by atoms with Crippen molar-refractivity contribution in [2.24, 2.45) is 0 Å². The highest BCUT2D eigenvalue weighted by molar-refractivity contribution is 7.16. The fourth-order valence-electron chi connectivity index (χ4n) is 1.60. The average molecular weight is 329 g/mol. The zero-order valence-electron chi connectivity index (χ0n) is 10.9. The summed E-state index contributed by atoms with van der Waals surface area (Å²) in [5.74, 6) is -0.908. The second-order valence-corrected chi connectivity index (χ2v) is 5.94. The Kier molecular flexibility index (Phi) is 5.24. The Hall–Kier alpha value is -1.99. The molecule has 2 rings (SSSR count). The molecule has 0 spiro atoms. The number of hydrogen-bond donors (Lipinski definition) is 3. The molecular weight excluding hydrogens is 316 g/mol. The standard InChI is InChI=1S/C13H13ClN2O4S/c14-11-4-2-9(21-11)5-6-15-13(19)16-7-8-1-3-10(20-8)12(17)18/h1-4H,5-7H2,(H,17,18)(H2,15,16,19). The lowest BCUT2D eigenvalue weighted by Crippen LogP contribution is -2.36. The topological polar surface area (TPSA) is 91.6 Å². The number of furan rings is 1. The number of carbonyl (C=O) groups excluding carboxylic acids is 1. The predicted octanol–water partition coefficient (Wildman–Crippen LogP) is 2.73. The molecular formula is C13H13ClN2O4S. The van der Waals surface area contributed by atoms with Crippen LogP contribution < -0.4 is 10.6 Å². The van der Waals surface area contributed by atoms with Gasteiger partial charge in [0.1, 0.15) is 5.76 Å². The maximum atomic E-state index is 11.5. The molecule has 2 heterocycles. The number of carbonyl (C=O) groups is 2. The van der Waals surface area contributed by atoms with Crippen LogP contribution in [0.4, 0.5) is 4.79 Å². The zero-order valence-corrected chi connectivity index (χ0v) is 12.5. The molecule has 21 heavy (non-hydrogen) atoms. The normalized spacial score (nSPS) is 10.3. The second-order valence-electron chi connectivity index (χ2n) is 4.14. The van der Waals surface area contributed by atoms with Gasteiger partial charge < -0.3 is 20.2 Å². The van der Waals surface area contributed by atoms with E-state index in [9.17, 15) is 9.59 Å². The smallest absolute Gasteiger partial charge is 0.371 e. The van der Waals surface area contributed by atoms with Crippen LogP contribution in [0, 0.1) is 0 Å². The molecule has 0 aliphatic carbocycles. The van der Waals surface area contributed by atoms with Gasteiger partial charge in [0.15, 0.2) is 0 Å². The maximum Gasteiger partial charge on any atom is 0.371 e. The van der Waals surface area contributed by atoms with E-state index in [1.165, 1.54) is 23.5 Å². The highest BCUT2D eigenvalue weighted by Gasteiger charge is 2.09. The van der Waals surface area contributed by atoms with Gasteiger partial charge in [-0.3, -0.25) is 0 Å². The minimum absolute atomic E-state index is 0.129. The highest BCUT2D eigenvalue weighted by Crippen LogP contribution is 2.21. The first-order valence-electron chi connectivity index (χ1n) is 6.12. The molecule has 0 atom stereocenters. The Morgan fingerprint density at radius 1 is 1.24 bits per heavy atom. The third kappa shape index (κ3) is 4.80. The molecule has 0 saturated carbocycles. The molecule has 0 saturated heterocycles. The van der Waals surface area contributed by atoms with E-state index in [2.05, 4.69) is 10.6 Å². The molecule has 0 unspecified atom stereocenters. The Morgan fingerprint density at radius 2 is 2.05 bits per heavy atom. The van der Waals surface area contributed by atoms with Crippen molar-refractivity contribution in [1.29, 1.82) is 0 Å². The van der Waals surface area contributed by atoms with Crippen LogP contribution in [0.2, 0.25) is 4.34 Å². The number of aromatic carboxylic acids is 1. The van der Waals surface area contributed by atoms with Crippen molar-refractivity contribution in [1.82, 2.24) is 10.6 Å². The number of halogens is 1. The fraction of sp³-hybridized carbons (Fsp3) is 0.231. The summed E-state index contributed by atoms with van der Waals surface area (Å²) in [6.07, 6.45) is 0.703. The molecule has 3 N–H and O–H groups in total. The monoisotopic (exact) mass is 328 g/mol. The van der Waals surface area contributed by atoms with Crippen LogP contribution in [0.15, 0.2) is 28.7 Å². The van der Waals surface area contributed by atoms with Crippen molar-refractivity contribution in [3.8, 4) is 0 Å². The van der Waals surface area contributed by atoms with E-state index in [0.717, 1.165) is 9.21 Å². The molecule has 6 nitrogen and oxygen atoms in total. The molecule has 0 fully saturated rings. The van der Waals surface area contributed by atoms with Crippen molar-refractivity contribution >= 4 is 34.9 Å². The first-order valence-corrected chi connectivity index (χ1v) is 7.32. The first kappa shape index (κ1) is 15.4. The minimum atomic E-state index is -1.14. The summed E-state index contributed by atoms with van der Waals surface area (Å²) in [5, 5.41) is 14.0. The van der Waals surface area contributed by atoms with Gasteiger partial charge in [0.2, 0.25) is 5.76 Å². The van der Waals surface area contributed by atoms with Crippen LogP contribution in [-0.2, 0) is 13.0 Å². The van der Waals surface area contributed by atoms with Gasteiger partial charge in [-0.2, -0.15) is 0 Å². The third-order valence-corrected chi connectivity index (χ3v) is 3.87. The number of nitrogens with one attached hydrogen (secondary N) is 2. The van der Waals surface area contributed by atoms with Gasteiger partial charge in [-0.1, -0.05) is 11.6 Å². The van der Waals surface area contributed by atoms with E-state index in [0.29, 0.717) is 18.7 Å². The van der Waals surface area contributed by atoms with Crippen molar-refractivity contribution in [2.45, 2.75) is 13.0 Å². The summed E-state index contributed by atoms with van der Waals surface area (Å²) in [6, 6.07) is 6.25. The Bertz CT molecular complexity index is 638. The second kappa shape index (κ2) is 7.14.